The number of hydrogen-bond donors (Lipinski definition) is 1. The predicted molar refractivity (Wildman–Crippen MR) is 117 cm³/mol. The number of carbonyl (C=O) groups is 2. The van der Waals surface area contributed by atoms with E-state index in [1.807, 2.05) is 24.3 Å². The van der Waals surface area contributed by atoms with Crippen LogP contribution in [0.5, 0.6) is 5.75 Å². The van der Waals surface area contributed by atoms with Crippen LogP contribution in [0.1, 0.15) is 57.9 Å². The summed E-state index contributed by atoms with van der Waals surface area (Å²) in [5.74, 6) is -0.643. The van der Waals surface area contributed by atoms with Gasteiger partial charge in [0.25, 0.3) is 5.91 Å². The Hall–Kier alpha value is -1.86. The Morgan fingerprint density at radius 1 is 1.21 bits per heavy atom. The fraction of sp³-hybridized carbons (Fsp3) is 0.476. The van der Waals surface area contributed by atoms with E-state index in [9.17, 15) is 9.59 Å². The van der Waals surface area contributed by atoms with Gasteiger partial charge in [0.15, 0.2) is 0 Å². The fourth-order valence-corrected chi connectivity index (χ4v) is 4.23. The molecule has 152 valence electrons. The number of rotatable bonds is 11. The Kier molecular flexibility index (Phi) is 8.99. The molecule has 1 heterocycles. The number of carboxylic acid groups (broad SMARTS) is 1. The largest absolute Gasteiger partial charge is 0.494 e. The van der Waals surface area contributed by atoms with Crippen molar-refractivity contribution in [1.82, 2.24) is 4.90 Å². The van der Waals surface area contributed by atoms with Gasteiger partial charge < -0.3 is 9.84 Å². The maximum absolute atomic E-state index is 12.5. The molecule has 1 atom stereocenters. The van der Waals surface area contributed by atoms with Crippen molar-refractivity contribution in [1.29, 1.82) is 0 Å². The Balaban J connectivity index is 1.87. The maximum Gasteiger partial charge on any atom is 0.326 e. The number of ether oxygens (including phenoxy) is 1. The first-order chi connectivity index (χ1) is 13.4. The smallest absolute Gasteiger partial charge is 0.326 e. The molecule has 2 rings (SSSR count). The predicted octanol–water partition coefficient (Wildman–Crippen LogP) is 5.10. The molecule has 1 saturated heterocycles. The van der Waals surface area contributed by atoms with Crippen molar-refractivity contribution in [3.8, 4) is 5.75 Å². The van der Waals surface area contributed by atoms with E-state index in [1.165, 1.54) is 39.0 Å². The van der Waals surface area contributed by atoms with Crippen molar-refractivity contribution < 1.29 is 19.4 Å². The summed E-state index contributed by atoms with van der Waals surface area (Å²) in [6.07, 6.45) is 9.08. The van der Waals surface area contributed by atoms with Crippen LogP contribution >= 0.6 is 24.0 Å². The second-order valence-electron chi connectivity index (χ2n) is 6.75. The Bertz CT molecular complexity index is 730. The molecule has 1 fully saturated rings. The maximum atomic E-state index is 12.5. The molecular weight excluding hydrogens is 394 g/mol. The van der Waals surface area contributed by atoms with E-state index in [0.717, 1.165) is 34.4 Å². The van der Waals surface area contributed by atoms with Gasteiger partial charge in [-0.15, -0.1) is 0 Å². The first-order valence-electron chi connectivity index (χ1n) is 9.66. The molecule has 1 N–H and O–H groups in total. The van der Waals surface area contributed by atoms with E-state index < -0.39 is 12.0 Å². The highest BCUT2D eigenvalue weighted by atomic mass is 32.2. The van der Waals surface area contributed by atoms with Gasteiger partial charge in [-0.2, -0.15) is 0 Å². The molecule has 0 spiro atoms. The number of carboxylic acids is 1. The monoisotopic (exact) mass is 421 g/mol. The number of benzene rings is 1. The normalized spacial score (nSPS) is 16.6. The average Bonchev–Trinajstić information content (AvgIpc) is 2.95. The third kappa shape index (κ3) is 6.34. The minimum atomic E-state index is -1.08. The lowest BCUT2D eigenvalue weighted by Crippen LogP contribution is -2.41. The van der Waals surface area contributed by atoms with Gasteiger partial charge in [0, 0.05) is 0 Å². The third-order valence-corrected chi connectivity index (χ3v) is 5.84. The van der Waals surface area contributed by atoms with E-state index in [1.54, 1.807) is 6.08 Å². The van der Waals surface area contributed by atoms with Crippen LogP contribution in [-0.2, 0) is 9.59 Å². The van der Waals surface area contributed by atoms with Crippen molar-refractivity contribution >= 4 is 46.3 Å². The molecule has 1 aromatic rings. The van der Waals surface area contributed by atoms with Crippen LogP contribution < -0.4 is 4.74 Å². The highest BCUT2D eigenvalue weighted by Gasteiger charge is 2.38. The summed E-state index contributed by atoms with van der Waals surface area (Å²) in [5, 5.41) is 9.13. The SMILES string of the molecule is CCCCCCCCOc1ccc(/C=C2\SC(=S)N([C@H](C)C(=O)O)C2=O)cc1. The van der Waals surface area contributed by atoms with Crippen LogP contribution in [-0.4, -0.2) is 38.9 Å². The van der Waals surface area contributed by atoms with Crippen molar-refractivity contribution in [2.75, 3.05) is 6.61 Å². The zero-order valence-electron chi connectivity index (χ0n) is 16.3. The lowest BCUT2D eigenvalue weighted by Gasteiger charge is -2.18. The van der Waals surface area contributed by atoms with Gasteiger partial charge in [-0.1, -0.05) is 75.1 Å². The van der Waals surface area contributed by atoms with Crippen LogP contribution in [0.2, 0.25) is 0 Å². The number of unbranched alkanes of at least 4 members (excludes halogenated alkanes) is 5. The molecule has 5 nitrogen and oxygen atoms in total. The van der Waals surface area contributed by atoms with Gasteiger partial charge in [0.1, 0.15) is 16.1 Å². The number of nitrogens with zero attached hydrogens (tertiary/aromatic N) is 1. The number of thioether (sulfide) groups is 1. The minimum absolute atomic E-state index is 0.269. The Morgan fingerprint density at radius 2 is 1.86 bits per heavy atom. The standard InChI is InChI=1S/C21H27NO4S2/c1-3-4-5-6-7-8-13-26-17-11-9-16(10-12-17)14-18-19(23)22(21(27)28-18)15(2)20(24)25/h9-12,14-15H,3-8,13H2,1-2H3,(H,24,25)/b18-14-/t15-/m1/s1. The highest BCUT2D eigenvalue weighted by molar-refractivity contribution is 8.26. The minimum Gasteiger partial charge on any atom is -0.494 e. The second kappa shape index (κ2) is 11.2. The molecule has 0 bridgehead atoms. The van der Waals surface area contributed by atoms with E-state index >= 15 is 0 Å². The molecule has 0 aromatic heterocycles. The molecule has 0 aliphatic carbocycles. The molecule has 0 saturated carbocycles. The van der Waals surface area contributed by atoms with E-state index in [0.29, 0.717) is 11.5 Å². The summed E-state index contributed by atoms with van der Waals surface area (Å²) >= 11 is 6.29. The number of aliphatic carboxylic acids is 1. The summed E-state index contributed by atoms with van der Waals surface area (Å²) in [6, 6.07) is 6.54. The topological polar surface area (TPSA) is 66.8 Å². The van der Waals surface area contributed by atoms with Gasteiger partial charge in [0.05, 0.1) is 11.5 Å². The molecular formula is C21H27NO4S2. The quantitative estimate of drug-likeness (QED) is 0.305. The van der Waals surface area contributed by atoms with Crippen LogP contribution in [0.3, 0.4) is 0 Å². The first kappa shape index (κ1) is 22.4. The first-order valence-corrected chi connectivity index (χ1v) is 10.9. The number of amides is 1. The summed E-state index contributed by atoms with van der Waals surface area (Å²) in [5.41, 5.74) is 0.843. The molecule has 0 radical (unpaired) electrons. The Morgan fingerprint density at radius 3 is 2.50 bits per heavy atom. The summed E-state index contributed by atoms with van der Waals surface area (Å²) in [4.78, 5) is 25.2. The van der Waals surface area contributed by atoms with Gasteiger partial charge in [0.2, 0.25) is 0 Å². The van der Waals surface area contributed by atoms with Crippen molar-refractivity contribution in [2.45, 2.75) is 58.4 Å². The van der Waals surface area contributed by atoms with Crippen LogP contribution in [0.25, 0.3) is 6.08 Å². The second-order valence-corrected chi connectivity index (χ2v) is 8.43. The number of carbonyl (C=O) groups excluding carboxylic acids is 1. The fourth-order valence-electron chi connectivity index (χ4n) is 2.81. The van der Waals surface area contributed by atoms with Gasteiger partial charge in [-0.25, -0.2) is 4.79 Å². The Labute approximate surface area is 176 Å². The zero-order chi connectivity index (χ0) is 20.5. The lowest BCUT2D eigenvalue weighted by molar-refractivity contribution is -0.144. The van der Waals surface area contributed by atoms with E-state index in [-0.39, 0.29) is 10.2 Å². The third-order valence-electron chi connectivity index (χ3n) is 4.51. The van der Waals surface area contributed by atoms with Gasteiger partial charge >= 0.3 is 5.97 Å². The molecule has 1 amide bonds. The molecule has 1 aliphatic rings. The summed E-state index contributed by atoms with van der Waals surface area (Å²) in [7, 11) is 0. The summed E-state index contributed by atoms with van der Waals surface area (Å²) < 4.78 is 6.03. The zero-order valence-corrected chi connectivity index (χ0v) is 18.0. The lowest BCUT2D eigenvalue weighted by atomic mass is 10.1. The summed E-state index contributed by atoms with van der Waals surface area (Å²) in [6.45, 7) is 4.37. The molecule has 7 heteroatoms. The highest BCUT2D eigenvalue weighted by Crippen LogP contribution is 2.34. The van der Waals surface area contributed by atoms with Crippen LogP contribution in [0.4, 0.5) is 0 Å². The average molecular weight is 422 g/mol. The van der Waals surface area contributed by atoms with Crippen molar-refractivity contribution in [3.05, 3.63) is 34.7 Å². The molecule has 0 unspecified atom stereocenters. The van der Waals surface area contributed by atoms with Gasteiger partial charge in [-0.05, 0) is 37.1 Å². The van der Waals surface area contributed by atoms with Crippen molar-refractivity contribution in [2.24, 2.45) is 0 Å². The molecule has 1 aliphatic heterocycles. The van der Waals surface area contributed by atoms with E-state index in [4.69, 9.17) is 22.1 Å². The van der Waals surface area contributed by atoms with Crippen LogP contribution in [0, 0.1) is 0 Å². The van der Waals surface area contributed by atoms with Crippen LogP contribution in [0.15, 0.2) is 29.2 Å². The molecule has 1 aromatic carbocycles. The van der Waals surface area contributed by atoms with E-state index in [2.05, 4.69) is 6.92 Å². The molecule has 28 heavy (non-hydrogen) atoms. The number of hydrogen-bond acceptors (Lipinski definition) is 5. The van der Waals surface area contributed by atoms with Gasteiger partial charge in [-0.3, -0.25) is 9.69 Å². The van der Waals surface area contributed by atoms with Crippen molar-refractivity contribution in [3.63, 3.8) is 0 Å². The number of thiocarbonyl (C=S) groups is 1.